The third-order valence-corrected chi connectivity index (χ3v) is 1.77. The topological polar surface area (TPSA) is 63.1 Å². The van der Waals surface area contributed by atoms with Crippen molar-refractivity contribution in [2.45, 2.75) is 6.54 Å². The van der Waals surface area contributed by atoms with Crippen molar-refractivity contribution in [3.8, 4) is 6.07 Å². The zero-order chi connectivity index (χ0) is 9.26. The average Bonchev–Trinajstić information content (AvgIpc) is 2.58. The highest BCUT2D eigenvalue weighted by Gasteiger charge is 2.01. The quantitative estimate of drug-likeness (QED) is 0.612. The highest BCUT2D eigenvalue weighted by Crippen LogP contribution is 1.94. The molecule has 0 saturated heterocycles. The molecule has 0 unspecified atom stereocenters. The number of hydrogen-bond donors (Lipinski definition) is 0. The van der Waals surface area contributed by atoms with E-state index in [9.17, 15) is 4.79 Å². The zero-order valence-corrected chi connectivity index (χ0v) is 6.71. The molecule has 5 nitrogen and oxygen atoms in total. The van der Waals surface area contributed by atoms with Crippen LogP contribution in [-0.4, -0.2) is 14.2 Å². The summed E-state index contributed by atoms with van der Waals surface area (Å²) in [7, 11) is 0. The molecule has 2 rings (SSSR count). The van der Waals surface area contributed by atoms with E-state index in [0.29, 0.717) is 5.52 Å². The molecule has 2 heterocycles. The molecule has 2 aromatic rings. The van der Waals surface area contributed by atoms with Gasteiger partial charge >= 0.3 is 0 Å². The van der Waals surface area contributed by atoms with Gasteiger partial charge in [-0.2, -0.15) is 10.4 Å². The van der Waals surface area contributed by atoms with Crippen molar-refractivity contribution in [1.29, 1.82) is 5.26 Å². The van der Waals surface area contributed by atoms with Crippen molar-refractivity contribution in [1.82, 2.24) is 14.2 Å². The maximum absolute atomic E-state index is 11.5. The Morgan fingerprint density at radius 3 is 3.23 bits per heavy atom. The molecule has 0 amide bonds. The first-order valence-corrected chi connectivity index (χ1v) is 3.72. The SMILES string of the molecule is N#CCn1ncn2cccc2c1=O. The summed E-state index contributed by atoms with van der Waals surface area (Å²) in [6, 6.07) is 5.32. The number of hydrogen-bond acceptors (Lipinski definition) is 3. The lowest BCUT2D eigenvalue weighted by Gasteiger charge is -1.98. The Morgan fingerprint density at radius 1 is 1.62 bits per heavy atom. The standard InChI is InChI=1S/C8H6N4O/c9-3-5-12-8(13)7-2-1-4-11(7)6-10-12/h1-2,4,6H,5H2. The van der Waals surface area contributed by atoms with Gasteiger partial charge in [-0.3, -0.25) is 4.79 Å². The van der Waals surface area contributed by atoms with Gasteiger partial charge in [0.2, 0.25) is 0 Å². The smallest absolute Gasteiger partial charge is 0.291 e. The molecule has 0 bridgehead atoms. The van der Waals surface area contributed by atoms with Crippen LogP contribution in [0.5, 0.6) is 0 Å². The summed E-state index contributed by atoms with van der Waals surface area (Å²) < 4.78 is 2.76. The summed E-state index contributed by atoms with van der Waals surface area (Å²) in [5.74, 6) is 0. The van der Waals surface area contributed by atoms with Crippen LogP contribution in [0.4, 0.5) is 0 Å². The van der Waals surface area contributed by atoms with Crippen molar-refractivity contribution < 1.29 is 0 Å². The summed E-state index contributed by atoms with van der Waals surface area (Å²) in [6.07, 6.45) is 3.24. The lowest BCUT2D eigenvalue weighted by molar-refractivity contribution is 0.646. The second-order valence-electron chi connectivity index (χ2n) is 2.55. The molecule has 64 valence electrons. The zero-order valence-electron chi connectivity index (χ0n) is 6.71. The fourth-order valence-corrected chi connectivity index (χ4v) is 1.16. The molecule has 0 aliphatic heterocycles. The van der Waals surface area contributed by atoms with Crippen molar-refractivity contribution in [2.75, 3.05) is 0 Å². The Hall–Kier alpha value is -2.09. The van der Waals surface area contributed by atoms with Crippen molar-refractivity contribution in [3.63, 3.8) is 0 Å². The van der Waals surface area contributed by atoms with Crippen LogP contribution in [0.15, 0.2) is 29.5 Å². The van der Waals surface area contributed by atoms with Crippen LogP contribution in [0.2, 0.25) is 0 Å². The second kappa shape index (κ2) is 2.75. The van der Waals surface area contributed by atoms with Crippen molar-refractivity contribution >= 4 is 5.52 Å². The van der Waals surface area contributed by atoms with E-state index in [1.165, 1.54) is 6.33 Å². The minimum absolute atomic E-state index is 0.0134. The first-order valence-electron chi connectivity index (χ1n) is 3.72. The van der Waals surface area contributed by atoms with Gasteiger partial charge < -0.3 is 4.40 Å². The van der Waals surface area contributed by atoms with Crippen LogP contribution in [0.3, 0.4) is 0 Å². The number of rotatable bonds is 1. The van der Waals surface area contributed by atoms with E-state index in [1.54, 1.807) is 22.7 Å². The summed E-state index contributed by atoms with van der Waals surface area (Å²) in [4.78, 5) is 11.5. The second-order valence-corrected chi connectivity index (χ2v) is 2.55. The Labute approximate surface area is 73.5 Å². The van der Waals surface area contributed by atoms with E-state index >= 15 is 0 Å². The largest absolute Gasteiger partial charge is 0.301 e. The number of aromatic nitrogens is 3. The van der Waals surface area contributed by atoms with E-state index in [0.717, 1.165) is 4.68 Å². The molecule has 2 aromatic heterocycles. The van der Waals surface area contributed by atoms with Crippen LogP contribution >= 0.6 is 0 Å². The summed E-state index contributed by atoms with van der Waals surface area (Å²) >= 11 is 0. The van der Waals surface area contributed by atoms with Crippen molar-refractivity contribution in [3.05, 3.63) is 35.0 Å². The van der Waals surface area contributed by atoms with Crippen LogP contribution in [0, 0.1) is 11.3 Å². The lowest BCUT2D eigenvalue weighted by Crippen LogP contribution is -2.23. The predicted octanol–water partition coefficient (Wildman–Crippen LogP) is 0.0196. The molecule has 0 aliphatic carbocycles. The molecule has 5 heteroatoms. The molecule has 0 aromatic carbocycles. The molecule has 13 heavy (non-hydrogen) atoms. The van der Waals surface area contributed by atoms with E-state index in [4.69, 9.17) is 5.26 Å². The van der Waals surface area contributed by atoms with Crippen LogP contribution in [0.1, 0.15) is 0 Å². The average molecular weight is 174 g/mol. The van der Waals surface area contributed by atoms with Gasteiger partial charge in [-0.15, -0.1) is 0 Å². The van der Waals surface area contributed by atoms with Crippen LogP contribution < -0.4 is 5.56 Å². The molecule has 0 spiro atoms. The third kappa shape index (κ3) is 1.08. The molecule has 0 aliphatic rings. The minimum atomic E-state index is -0.242. The molecule has 0 N–H and O–H groups in total. The molecular weight excluding hydrogens is 168 g/mol. The van der Waals surface area contributed by atoms with Gasteiger partial charge in [0.15, 0.2) is 0 Å². The molecule has 0 saturated carbocycles. The highest BCUT2D eigenvalue weighted by atomic mass is 16.1. The minimum Gasteiger partial charge on any atom is -0.301 e. The summed E-state index contributed by atoms with van der Waals surface area (Å²) in [5.41, 5.74) is 0.291. The fraction of sp³-hybridized carbons (Fsp3) is 0.125. The summed E-state index contributed by atoms with van der Waals surface area (Å²) in [5, 5.41) is 12.2. The van der Waals surface area contributed by atoms with E-state index in [1.807, 2.05) is 6.07 Å². The fourth-order valence-electron chi connectivity index (χ4n) is 1.16. The molecule has 0 atom stereocenters. The first kappa shape index (κ1) is 7.55. The third-order valence-electron chi connectivity index (χ3n) is 1.77. The van der Waals surface area contributed by atoms with Gasteiger partial charge in [0.05, 0.1) is 6.07 Å². The Bertz CT molecular complexity index is 531. The van der Waals surface area contributed by atoms with E-state index in [-0.39, 0.29) is 12.1 Å². The summed E-state index contributed by atoms with van der Waals surface area (Å²) in [6.45, 7) is -0.0134. The first-order chi connectivity index (χ1) is 6.33. The van der Waals surface area contributed by atoms with Gasteiger partial charge in [0, 0.05) is 6.20 Å². The van der Waals surface area contributed by atoms with Gasteiger partial charge in [0.25, 0.3) is 5.56 Å². The van der Waals surface area contributed by atoms with Gasteiger partial charge in [-0.25, -0.2) is 4.68 Å². The molecule has 0 fully saturated rings. The monoisotopic (exact) mass is 174 g/mol. The van der Waals surface area contributed by atoms with Crippen LogP contribution in [0.25, 0.3) is 5.52 Å². The maximum Gasteiger partial charge on any atom is 0.291 e. The Balaban J connectivity index is 2.75. The Kier molecular flexibility index (Phi) is 1.60. The molecular formula is C8H6N4O. The highest BCUT2D eigenvalue weighted by molar-refractivity contribution is 5.44. The van der Waals surface area contributed by atoms with Gasteiger partial charge in [0.1, 0.15) is 18.4 Å². The maximum atomic E-state index is 11.5. The van der Waals surface area contributed by atoms with Gasteiger partial charge in [-0.1, -0.05) is 0 Å². The normalized spacial score (nSPS) is 10.1. The van der Waals surface area contributed by atoms with Crippen molar-refractivity contribution in [2.24, 2.45) is 0 Å². The Morgan fingerprint density at radius 2 is 2.46 bits per heavy atom. The van der Waals surface area contributed by atoms with E-state index in [2.05, 4.69) is 5.10 Å². The number of nitriles is 1. The number of nitrogens with zero attached hydrogens (tertiary/aromatic N) is 4. The number of fused-ring (bicyclic) bond motifs is 1. The molecule has 0 radical (unpaired) electrons. The van der Waals surface area contributed by atoms with E-state index < -0.39 is 0 Å². The predicted molar refractivity (Wildman–Crippen MR) is 45.1 cm³/mol. The van der Waals surface area contributed by atoms with Gasteiger partial charge in [-0.05, 0) is 12.1 Å². The lowest BCUT2D eigenvalue weighted by atomic mass is 10.5. The van der Waals surface area contributed by atoms with Crippen LogP contribution in [-0.2, 0) is 6.54 Å².